The third-order valence-electron chi connectivity index (χ3n) is 3.89. The van der Waals surface area contributed by atoms with E-state index in [0.29, 0.717) is 0 Å². The summed E-state index contributed by atoms with van der Waals surface area (Å²) in [4.78, 5) is -0.0210. The predicted molar refractivity (Wildman–Crippen MR) is 77.8 cm³/mol. The Hall–Kier alpha value is -0.650. The quantitative estimate of drug-likeness (QED) is 0.794. The van der Waals surface area contributed by atoms with E-state index in [4.69, 9.17) is 11.6 Å². The van der Waals surface area contributed by atoms with Gasteiger partial charge in [-0.25, -0.2) is 12.8 Å². The molecule has 1 fully saturated rings. The van der Waals surface area contributed by atoms with Crippen molar-refractivity contribution < 1.29 is 12.8 Å². The summed E-state index contributed by atoms with van der Waals surface area (Å²) in [6.07, 6.45) is 6.13. The fraction of sp³-hybridized carbons (Fsp3) is 0.571. The molecule has 0 bridgehead atoms. The van der Waals surface area contributed by atoms with Crippen LogP contribution in [0, 0.1) is 5.82 Å². The first-order valence-corrected chi connectivity index (χ1v) is 8.68. The maximum Gasteiger partial charge on any atom is 0.244 e. The summed E-state index contributed by atoms with van der Waals surface area (Å²) in [7, 11) is -2.08. The van der Waals surface area contributed by atoms with Crippen molar-refractivity contribution in [2.24, 2.45) is 0 Å². The molecule has 0 atom stereocenters. The second-order valence-electron chi connectivity index (χ2n) is 5.24. The summed E-state index contributed by atoms with van der Waals surface area (Å²) in [5.41, 5.74) is 0. The SMILES string of the molecule is CN(C1CCCCCC1)S(=O)(=O)c1ccc(F)cc1Cl. The fourth-order valence-corrected chi connectivity index (χ4v) is 4.58. The van der Waals surface area contributed by atoms with E-state index in [1.54, 1.807) is 7.05 Å². The zero-order chi connectivity index (χ0) is 14.8. The van der Waals surface area contributed by atoms with Crippen LogP contribution in [0.15, 0.2) is 23.1 Å². The molecule has 6 heteroatoms. The van der Waals surface area contributed by atoms with Crippen molar-refractivity contribution in [3.63, 3.8) is 0 Å². The van der Waals surface area contributed by atoms with Crippen LogP contribution in [0.4, 0.5) is 4.39 Å². The third kappa shape index (κ3) is 3.32. The van der Waals surface area contributed by atoms with Gasteiger partial charge in [-0.05, 0) is 31.0 Å². The van der Waals surface area contributed by atoms with Gasteiger partial charge < -0.3 is 0 Å². The number of hydrogen-bond acceptors (Lipinski definition) is 2. The first-order chi connectivity index (χ1) is 9.43. The summed E-state index contributed by atoms with van der Waals surface area (Å²) in [5.74, 6) is -0.536. The van der Waals surface area contributed by atoms with E-state index in [1.807, 2.05) is 0 Å². The molecule has 0 aromatic heterocycles. The molecule has 0 N–H and O–H groups in total. The van der Waals surface area contributed by atoms with Gasteiger partial charge in [-0.3, -0.25) is 0 Å². The van der Waals surface area contributed by atoms with Crippen LogP contribution >= 0.6 is 11.6 Å². The summed E-state index contributed by atoms with van der Waals surface area (Å²) < 4.78 is 39.6. The molecule has 0 amide bonds. The molecule has 1 aromatic rings. The monoisotopic (exact) mass is 319 g/mol. The zero-order valence-corrected chi connectivity index (χ0v) is 13.1. The normalized spacial score (nSPS) is 18.2. The van der Waals surface area contributed by atoms with Crippen LogP contribution in [0.2, 0.25) is 5.02 Å². The lowest BCUT2D eigenvalue weighted by molar-refractivity contribution is 0.335. The maximum absolute atomic E-state index is 13.1. The standard InChI is InChI=1S/C14H19ClFNO2S/c1-17(12-6-4-2-3-5-7-12)20(18,19)14-9-8-11(16)10-13(14)15/h8-10,12H,2-7H2,1H3. The molecule has 2 rings (SSSR count). The van der Waals surface area contributed by atoms with Crippen molar-refractivity contribution in [1.82, 2.24) is 4.31 Å². The van der Waals surface area contributed by atoms with E-state index in [0.717, 1.165) is 50.7 Å². The van der Waals surface area contributed by atoms with Gasteiger partial charge in [0.05, 0.1) is 5.02 Å². The molecule has 0 unspecified atom stereocenters. The second-order valence-corrected chi connectivity index (χ2v) is 7.61. The van der Waals surface area contributed by atoms with Crippen LogP contribution in [0.5, 0.6) is 0 Å². The van der Waals surface area contributed by atoms with Gasteiger partial charge in [-0.2, -0.15) is 4.31 Å². The average Bonchev–Trinajstić information content (AvgIpc) is 2.66. The van der Waals surface area contributed by atoms with Gasteiger partial charge in [0.15, 0.2) is 0 Å². The molecule has 1 aromatic carbocycles. The number of halogens is 2. The Morgan fingerprint density at radius 1 is 1.20 bits per heavy atom. The van der Waals surface area contributed by atoms with E-state index in [9.17, 15) is 12.8 Å². The van der Waals surface area contributed by atoms with Crippen molar-refractivity contribution in [3.8, 4) is 0 Å². The molecule has 1 saturated carbocycles. The Morgan fingerprint density at radius 3 is 2.35 bits per heavy atom. The Bertz CT molecular complexity index is 569. The molecule has 0 spiro atoms. The zero-order valence-electron chi connectivity index (χ0n) is 11.5. The van der Waals surface area contributed by atoms with Crippen molar-refractivity contribution in [3.05, 3.63) is 29.0 Å². The minimum absolute atomic E-state index is 0.00335. The van der Waals surface area contributed by atoms with Gasteiger partial charge in [0.25, 0.3) is 0 Å². The maximum atomic E-state index is 13.1. The molecule has 3 nitrogen and oxygen atoms in total. The number of nitrogens with zero attached hydrogens (tertiary/aromatic N) is 1. The molecule has 0 saturated heterocycles. The van der Waals surface area contributed by atoms with Gasteiger partial charge in [-0.15, -0.1) is 0 Å². The highest BCUT2D eigenvalue weighted by Gasteiger charge is 2.30. The van der Waals surface area contributed by atoms with Gasteiger partial charge in [0.2, 0.25) is 10.0 Å². The van der Waals surface area contributed by atoms with Gasteiger partial charge in [0, 0.05) is 13.1 Å². The Balaban J connectivity index is 2.28. The first kappa shape index (κ1) is 15.7. The number of benzene rings is 1. The molecule has 0 radical (unpaired) electrons. The lowest BCUT2D eigenvalue weighted by Gasteiger charge is -2.26. The molecule has 0 aliphatic heterocycles. The van der Waals surface area contributed by atoms with Crippen LogP contribution in [0.25, 0.3) is 0 Å². The minimum atomic E-state index is -3.67. The topological polar surface area (TPSA) is 37.4 Å². The molecule has 1 aliphatic carbocycles. The molecule has 112 valence electrons. The minimum Gasteiger partial charge on any atom is -0.207 e. The van der Waals surface area contributed by atoms with E-state index in [-0.39, 0.29) is 16.0 Å². The van der Waals surface area contributed by atoms with Gasteiger partial charge in [-0.1, -0.05) is 37.3 Å². The highest BCUT2D eigenvalue weighted by molar-refractivity contribution is 7.89. The van der Waals surface area contributed by atoms with Crippen molar-refractivity contribution in [2.75, 3.05) is 7.05 Å². The summed E-state index contributed by atoms with van der Waals surface area (Å²) in [5, 5.41) is -0.0644. The van der Waals surface area contributed by atoms with E-state index >= 15 is 0 Å². The molecule has 0 heterocycles. The van der Waals surface area contributed by atoms with Gasteiger partial charge in [0.1, 0.15) is 10.7 Å². The van der Waals surface area contributed by atoms with Crippen LogP contribution in [0.1, 0.15) is 38.5 Å². The van der Waals surface area contributed by atoms with E-state index < -0.39 is 15.8 Å². The second kappa shape index (κ2) is 6.41. The molecule has 20 heavy (non-hydrogen) atoms. The third-order valence-corrected chi connectivity index (χ3v) is 6.28. The predicted octanol–water partition coefficient (Wildman–Crippen LogP) is 3.82. The fourth-order valence-electron chi connectivity index (χ4n) is 2.66. The average molecular weight is 320 g/mol. The number of rotatable bonds is 3. The lowest BCUT2D eigenvalue weighted by atomic mass is 10.1. The van der Waals surface area contributed by atoms with Crippen molar-refractivity contribution in [1.29, 1.82) is 0 Å². The highest BCUT2D eigenvalue weighted by atomic mass is 35.5. The van der Waals surface area contributed by atoms with Gasteiger partial charge >= 0.3 is 0 Å². The van der Waals surface area contributed by atoms with Crippen LogP contribution in [-0.4, -0.2) is 25.8 Å². The van der Waals surface area contributed by atoms with Crippen molar-refractivity contribution in [2.45, 2.75) is 49.5 Å². The number of sulfonamides is 1. The Labute approximate surface area is 124 Å². The van der Waals surface area contributed by atoms with Crippen molar-refractivity contribution >= 4 is 21.6 Å². The van der Waals surface area contributed by atoms with E-state index in [1.165, 1.54) is 10.4 Å². The largest absolute Gasteiger partial charge is 0.244 e. The Kier molecular flexibility index (Phi) is 5.04. The summed E-state index contributed by atoms with van der Waals surface area (Å²) >= 11 is 5.88. The summed E-state index contributed by atoms with van der Waals surface area (Å²) in [6.45, 7) is 0. The molecular weight excluding hydrogens is 301 g/mol. The van der Waals surface area contributed by atoms with E-state index in [2.05, 4.69) is 0 Å². The highest BCUT2D eigenvalue weighted by Crippen LogP contribution is 2.29. The molecule has 1 aliphatic rings. The molecular formula is C14H19ClFNO2S. The Morgan fingerprint density at radius 2 is 1.80 bits per heavy atom. The van der Waals surface area contributed by atoms with Crippen LogP contribution < -0.4 is 0 Å². The first-order valence-electron chi connectivity index (χ1n) is 6.86. The lowest BCUT2D eigenvalue weighted by Crippen LogP contribution is -2.36. The summed E-state index contributed by atoms with van der Waals surface area (Å²) in [6, 6.07) is 3.40. The number of hydrogen-bond donors (Lipinski definition) is 0. The smallest absolute Gasteiger partial charge is 0.207 e. The van der Waals surface area contributed by atoms with Crippen LogP contribution in [0.3, 0.4) is 0 Å². The van der Waals surface area contributed by atoms with Crippen LogP contribution in [-0.2, 0) is 10.0 Å².